The van der Waals surface area contributed by atoms with E-state index in [9.17, 15) is 14.7 Å². The molecule has 0 saturated carbocycles. The number of aromatic nitrogens is 1. The van der Waals surface area contributed by atoms with Crippen LogP contribution in [0.4, 0.5) is 4.79 Å². The van der Waals surface area contributed by atoms with Crippen LogP contribution >= 0.6 is 11.6 Å². The van der Waals surface area contributed by atoms with E-state index in [2.05, 4.69) is 0 Å². The largest absolute Gasteiger partial charge is 0.465 e. The summed E-state index contributed by atoms with van der Waals surface area (Å²) in [7, 11) is 0. The molecule has 1 aliphatic rings. The minimum atomic E-state index is -0.963. The van der Waals surface area contributed by atoms with Crippen molar-refractivity contribution in [2.75, 3.05) is 19.6 Å². The molecular formula is C23H23ClN4O3. The highest BCUT2D eigenvalue weighted by Crippen LogP contribution is 2.29. The lowest BCUT2D eigenvalue weighted by molar-refractivity contribution is 0.0507. The fourth-order valence-corrected chi connectivity index (χ4v) is 4.20. The first-order valence-corrected chi connectivity index (χ1v) is 10.4. The van der Waals surface area contributed by atoms with Gasteiger partial charge in [-0.25, -0.2) is 9.78 Å². The Morgan fingerprint density at radius 3 is 2.71 bits per heavy atom. The topological polar surface area (TPSA) is 99.8 Å². The number of hydrogen-bond acceptors (Lipinski definition) is 4. The van der Waals surface area contributed by atoms with Crippen LogP contribution < -0.4 is 5.73 Å². The highest BCUT2D eigenvalue weighted by Gasteiger charge is 2.30. The Balaban J connectivity index is 1.65. The Hall–Kier alpha value is -3.16. The van der Waals surface area contributed by atoms with Gasteiger partial charge in [0.1, 0.15) is 0 Å². The third-order valence-corrected chi connectivity index (χ3v) is 5.94. The number of fused-ring (bicyclic) bond motifs is 1. The first-order valence-electron chi connectivity index (χ1n) is 10.1. The molecular weight excluding hydrogens is 416 g/mol. The SMILES string of the molecule is CC1CN(C(=O)c2ccc3c(Cl)cc(-c4cccc(CN)c4)nc3c2)CCN1C(=O)O. The Morgan fingerprint density at radius 1 is 1.19 bits per heavy atom. The molecule has 1 aromatic heterocycles. The van der Waals surface area contributed by atoms with E-state index in [-0.39, 0.29) is 11.9 Å². The van der Waals surface area contributed by atoms with E-state index < -0.39 is 6.09 Å². The first kappa shape index (κ1) is 21.1. The summed E-state index contributed by atoms with van der Waals surface area (Å²) < 4.78 is 0. The van der Waals surface area contributed by atoms with E-state index in [1.807, 2.05) is 30.3 Å². The van der Waals surface area contributed by atoms with Gasteiger partial charge >= 0.3 is 6.09 Å². The monoisotopic (exact) mass is 438 g/mol. The van der Waals surface area contributed by atoms with Crippen molar-refractivity contribution < 1.29 is 14.7 Å². The molecule has 4 rings (SSSR count). The average molecular weight is 439 g/mol. The number of carboxylic acid groups (broad SMARTS) is 1. The van der Waals surface area contributed by atoms with Gasteiger partial charge in [-0.15, -0.1) is 0 Å². The number of nitrogens with two attached hydrogens (primary N) is 1. The summed E-state index contributed by atoms with van der Waals surface area (Å²) >= 11 is 6.51. The molecule has 1 fully saturated rings. The summed E-state index contributed by atoms with van der Waals surface area (Å²) in [5.74, 6) is -0.146. The number of carbonyl (C=O) groups excluding carboxylic acids is 1. The summed E-state index contributed by atoms with van der Waals surface area (Å²) in [5.41, 5.74) is 9.49. The molecule has 8 heteroatoms. The van der Waals surface area contributed by atoms with E-state index in [0.717, 1.165) is 16.5 Å². The number of pyridine rings is 1. The number of nitrogens with zero attached hydrogens (tertiary/aromatic N) is 3. The van der Waals surface area contributed by atoms with Gasteiger partial charge in [0.25, 0.3) is 5.91 Å². The summed E-state index contributed by atoms with van der Waals surface area (Å²) in [4.78, 5) is 32.1. The maximum atomic E-state index is 13.1. The highest BCUT2D eigenvalue weighted by atomic mass is 35.5. The number of amides is 2. The van der Waals surface area contributed by atoms with Crippen molar-refractivity contribution in [1.29, 1.82) is 0 Å². The lowest BCUT2D eigenvalue weighted by Crippen LogP contribution is -2.55. The zero-order valence-corrected chi connectivity index (χ0v) is 17.8. The number of rotatable bonds is 3. The fourth-order valence-electron chi connectivity index (χ4n) is 3.93. The van der Waals surface area contributed by atoms with Crippen molar-refractivity contribution in [2.45, 2.75) is 19.5 Å². The second-order valence-corrected chi connectivity index (χ2v) is 8.11. The quantitative estimate of drug-likeness (QED) is 0.647. The molecule has 2 heterocycles. The molecule has 7 nitrogen and oxygen atoms in total. The summed E-state index contributed by atoms with van der Waals surface area (Å²) in [6, 6.07) is 14.6. The molecule has 0 spiro atoms. The second-order valence-electron chi connectivity index (χ2n) is 7.70. The van der Waals surface area contributed by atoms with Crippen LogP contribution in [0.2, 0.25) is 5.02 Å². The van der Waals surface area contributed by atoms with Gasteiger partial charge in [-0.2, -0.15) is 0 Å². The van der Waals surface area contributed by atoms with Crippen molar-refractivity contribution in [3.05, 3.63) is 64.7 Å². The van der Waals surface area contributed by atoms with Crippen LogP contribution in [0.5, 0.6) is 0 Å². The predicted molar refractivity (Wildman–Crippen MR) is 120 cm³/mol. The number of carbonyl (C=O) groups is 2. The van der Waals surface area contributed by atoms with Gasteiger partial charge in [0.05, 0.1) is 16.2 Å². The molecule has 0 aliphatic carbocycles. The Morgan fingerprint density at radius 2 is 2.00 bits per heavy atom. The Bertz CT molecular complexity index is 1170. The van der Waals surface area contributed by atoms with E-state index >= 15 is 0 Å². The predicted octanol–water partition coefficient (Wildman–Crippen LogP) is 3.84. The summed E-state index contributed by atoms with van der Waals surface area (Å²) in [5, 5.41) is 10.6. The van der Waals surface area contributed by atoms with Crippen LogP contribution in [0, 0.1) is 0 Å². The molecule has 31 heavy (non-hydrogen) atoms. The number of piperazine rings is 1. The maximum Gasteiger partial charge on any atom is 0.407 e. The lowest BCUT2D eigenvalue weighted by Gasteiger charge is -2.38. The van der Waals surface area contributed by atoms with E-state index in [0.29, 0.717) is 48.0 Å². The lowest BCUT2D eigenvalue weighted by atomic mass is 10.0. The van der Waals surface area contributed by atoms with Gasteiger partial charge in [0, 0.05) is 48.7 Å². The molecule has 1 unspecified atom stereocenters. The van der Waals surface area contributed by atoms with Gasteiger partial charge in [-0.1, -0.05) is 35.9 Å². The van der Waals surface area contributed by atoms with Crippen molar-refractivity contribution in [3.8, 4) is 11.3 Å². The van der Waals surface area contributed by atoms with Crippen LogP contribution in [0.1, 0.15) is 22.8 Å². The summed E-state index contributed by atoms with van der Waals surface area (Å²) in [6.07, 6.45) is -0.963. The van der Waals surface area contributed by atoms with E-state index in [4.69, 9.17) is 22.3 Å². The maximum absolute atomic E-state index is 13.1. The van der Waals surface area contributed by atoms with Gasteiger partial charge in [0.2, 0.25) is 0 Å². The van der Waals surface area contributed by atoms with Crippen LogP contribution in [-0.4, -0.2) is 57.6 Å². The van der Waals surface area contributed by atoms with Crippen molar-refractivity contribution in [1.82, 2.24) is 14.8 Å². The molecule has 1 aliphatic heterocycles. The molecule has 2 amide bonds. The van der Waals surface area contributed by atoms with Gasteiger partial charge in [-0.3, -0.25) is 4.79 Å². The highest BCUT2D eigenvalue weighted by molar-refractivity contribution is 6.35. The van der Waals surface area contributed by atoms with Crippen LogP contribution in [0.25, 0.3) is 22.2 Å². The zero-order valence-electron chi connectivity index (χ0n) is 17.1. The van der Waals surface area contributed by atoms with Crippen molar-refractivity contribution in [3.63, 3.8) is 0 Å². The van der Waals surface area contributed by atoms with Crippen molar-refractivity contribution >= 4 is 34.5 Å². The molecule has 3 N–H and O–H groups in total. The zero-order chi connectivity index (χ0) is 22.1. The normalized spacial score (nSPS) is 16.5. The third-order valence-electron chi connectivity index (χ3n) is 5.63. The third kappa shape index (κ3) is 4.19. The Labute approximate surface area is 185 Å². The second kappa shape index (κ2) is 8.53. The van der Waals surface area contributed by atoms with Crippen LogP contribution in [0.3, 0.4) is 0 Å². The smallest absolute Gasteiger partial charge is 0.407 e. The minimum absolute atomic E-state index is 0.146. The molecule has 0 bridgehead atoms. The molecule has 0 radical (unpaired) electrons. The van der Waals surface area contributed by atoms with E-state index in [1.165, 1.54) is 4.90 Å². The number of hydrogen-bond donors (Lipinski definition) is 2. The van der Waals surface area contributed by atoms with Crippen LogP contribution in [-0.2, 0) is 6.54 Å². The van der Waals surface area contributed by atoms with E-state index in [1.54, 1.807) is 30.0 Å². The van der Waals surface area contributed by atoms with Gasteiger partial charge < -0.3 is 20.6 Å². The number of benzene rings is 2. The molecule has 3 aromatic rings. The minimum Gasteiger partial charge on any atom is -0.465 e. The molecule has 160 valence electrons. The summed E-state index contributed by atoms with van der Waals surface area (Å²) in [6.45, 7) is 3.23. The number of halogens is 1. The average Bonchev–Trinajstić information content (AvgIpc) is 2.77. The van der Waals surface area contributed by atoms with Crippen LogP contribution in [0.15, 0.2) is 48.5 Å². The molecule has 1 atom stereocenters. The Kier molecular flexibility index (Phi) is 5.80. The van der Waals surface area contributed by atoms with Gasteiger partial charge in [0.15, 0.2) is 0 Å². The van der Waals surface area contributed by atoms with Crippen molar-refractivity contribution in [2.24, 2.45) is 5.73 Å². The standard InChI is InChI=1S/C23H23ClN4O3/c1-14-13-27(7-8-28(14)23(30)31)22(29)17-5-6-18-19(24)11-20(26-21(18)10-17)16-4-2-3-15(9-16)12-25/h2-6,9-11,14H,7-8,12-13,25H2,1H3,(H,30,31). The molecule has 1 saturated heterocycles. The fraction of sp³-hybridized carbons (Fsp3) is 0.261. The van der Waals surface area contributed by atoms with Gasteiger partial charge in [-0.05, 0) is 36.8 Å². The first-order chi connectivity index (χ1) is 14.9. The molecule has 2 aromatic carbocycles.